The summed E-state index contributed by atoms with van der Waals surface area (Å²) in [4.78, 5) is 83.5. The highest BCUT2D eigenvalue weighted by molar-refractivity contribution is 6.09. The topological polar surface area (TPSA) is 178 Å². The van der Waals surface area contributed by atoms with Crippen molar-refractivity contribution in [3.8, 4) is 0 Å². The Hall–Kier alpha value is -6.55. The van der Waals surface area contributed by atoms with Crippen LogP contribution in [-0.2, 0) is 36.1 Å². The maximum absolute atomic E-state index is 14.1. The van der Waals surface area contributed by atoms with Crippen molar-refractivity contribution >= 4 is 52.2 Å². The number of carboxylic acids is 2. The zero-order valence-corrected chi connectivity index (χ0v) is 26.2. The maximum atomic E-state index is 14.1. The van der Waals surface area contributed by atoms with Crippen molar-refractivity contribution in [1.29, 1.82) is 0 Å². The van der Waals surface area contributed by atoms with Gasteiger partial charge in [-0.15, -0.1) is 0 Å². The Morgan fingerprint density at radius 2 is 1.51 bits per heavy atom. The number of aliphatic carboxylic acids is 2. The van der Waals surface area contributed by atoms with Crippen molar-refractivity contribution in [2.45, 2.75) is 37.5 Å². The second-order valence-corrected chi connectivity index (χ2v) is 11.6. The van der Waals surface area contributed by atoms with Gasteiger partial charge in [0.05, 0.1) is 13.0 Å². The van der Waals surface area contributed by atoms with E-state index in [0.29, 0.717) is 16.8 Å². The first kappa shape index (κ1) is 33.8. The molecule has 13 nitrogen and oxygen atoms in total. The predicted octanol–water partition coefficient (Wildman–Crippen LogP) is 3.97. The quantitative estimate of drug-likeness (QED) is 0.130. The molecule has 13 heteroatoms. The minimum Gasteiger partial charge on any atom is -0.481 e. The highest BCUT2D eigenvalue weighted by atomic mass is 16.4. The molecule has 0 saturated carbocycles. The van der Waals surface area contributed by atoms with E-state index in [-0.39, 0.29) is 12.1 Å². The molecule has 49 heavy (non-hydrogen) atoms. The Kier molecular flexibility index (Phi) is 9.70. The second kappa shape index (κ2) is 14.1. The number of amides is 5. The van der Waals surface area contributed by atoms with E-state index in [4.69, 9.17) is 6.57 Å². The molecule has 3 unspecified atom stereocenters. The first-order valence-corrected chi connectivity index (χ1v) is 15.1. The number of fused-ring (bicyclic) bond motifs is 1. The highest BCUT2D eigenvalue weighted by Gasteiger charge is 2.55. The number of nitrogens with zero attached hydrogens (tertiary/aromatic N) is 3. The lowest BCUT2D eigenvalue weighted by Crippen LogP contribution is -2.52. The second-order valence-electron chi connectivity index (χ2n) is 11.6. The first-order chi connectivity index (χ1) is 23.4. The smallest absolute Gasteiger partial charge is 0.330 e. The summed E-state index contributed by atoms with van der Waals surface area (Å²) >= 11 is 0. The van der Waals surface area contributed by atoms with Crippen LogP contribution in [0.2, 0.25) is 0 Å². The monoisotopic (exact) mass is 661 g/mol. The number of carboxylic acid groups (broad SMARTS) is 2. The minimum absolute atomic E-state index is 0.0191. The summed E-state index contributed by atoms with van der Waals surface area (Å²) in [6, 6.07) is 23.0. The number of nitrogens with one attached hydrogen (secondary N) is 2. The fourth-order valence-corrected chi connectivity index (χ4v) is 5.77. The molecule has 5 amide bonds. The van der Waals surface area contributed by atoms with E-state index in [1.54, 1.807) is 30.3 Å². The van der Waals surface area contributed by atoms with E-state index in [9.17, 15) is 39.0 Å². The van der Waals surface area contributed by atoms with E-state index in [1.165, 1.54) is 36.1 Å². The van der Waals surface area contributed by atoms with Gasteiger partial charge in [-0.05, 0) is 40.5 Å². The van der Waals surface area contributed by atoms with Crippen LogP contribution in [0.1, 0.15) is 36.1 Å². The van der Waals surface area contributed by atoms with Gasteiger partial charge in [0.25, 0.3) is 5.91 Å². The van der Waals surface area contributed by atoms with Crippen LogP contribution in [0.15, 0.2) is 97.1 Å². The molecule has 1 aliphatic rings. The minimum atomic E-state index is -1.73. The Morgan fingerprint density at radius 1 is 0.857 bits per heavy atom. The predicted molar refractivity (Wildman–Crippen MR) is 176 cm³/mol. The molecule has 0 radical (unpaired) electrons. The largest absolute Gasteiger partial charge is 0.481 e. The summed E-state index contributed by atoms with van der Waals surface area (Å²) in [6.07, 6.45) is -0.903. The Morgan fingerprint density at radius 3 is 2.14 bits per heavy atom. The van der Waals surface area contributed by atoms with E-state index in [2.05, 4.69) is 15.5 Å². The summed E-state index contributed by atoms with van der Waals surface area (Å²) in [6.45, 7) is 7.95. The molecule has 3 atom stereocenters. The van der Waals surface area contributed by atoms with Crippen molar-refractivity contribution in [2.24, 2.45) is 0 Å². The third-order valence-electron chi connectivity index (χ3n) is 8.37. The fourth-order valence-electron chi connectivity index (χ4n) is 5.77. The van der Waals surface area contributed by atoms with Gasteiger partial charge in [-0.3, -0.25) is 24.1 Å². The molecule has 5 rings (SSSR count). The summed E-state index contributed by atoms with van der Waals surface area (Å²) in [7, 11) is 0. The van der Waals surface area contributed by atoms with Crippen molar-refractivity contribution in [3.63, 3.8) is 0 Å². The molecule has 1 fully saturated rings. The third kappa shape index (κ3) is 7.08. The molecular formula is C36H31N5O8. The fraction of sp³-hybridized carbons (Fsp3) is 0.194. The molecule has 1 saturated heterocycles. The SMILES string of the molecule is [C-]#[N+]c1ccc(C2(C)C(=O)N(CC(=O)NC(CC(=O)O)C(=O)NC(C(=O)O)c3ccccc3)C(=O)N2Cc2ccc3ccccc3c2)cc1. The summed E-state index contributed by atoms with van der Waals surface area (Å²) in [5.41, 5.74) is 0.0329. The van der Waals surface area contributed by atoms with Crippen molar-refractivity contribution in [3.05, 3.63) is 125 Å². The van der Waals surface area contributed by atoms with Gasteiger partial charge >= 0.3 is 18.0 Å². The van der Waals surface area contributed by atoms with Crippen LogP contribution in [0.4, 0.5) is 10.5 Å². The van der Waals surface area contributed by atoms with E-state index in [0.717, 1.165) is 15.7 Å². The van der Waals surface area contributed by atoms with Crippen LogP contribution < -0.4 is 10.6 Å². The number of carbonyl (C=O) groups excluding carboxylic acids is 4. The van der Waals surface area contributed by atoms with Gasteiger partial charge in [0.2, 0.25) is 11.8 Å². The van der Waals surface area contributed by atoms with Crippen LogP contribution >= 0.6 is 0 Å². The summed E-state index contributed by atoms with van der Waals surface area (Å²) in [5.74, 6) is -5.74. The van der Waals surface area contributed by atoms with Gasteiger partial charge in [-0.25, -0.2) is 14.4 Å². The third-order valence-corrected chi connectivity index (χ3v) is 8.37. The van der Waals surface area contributed by atoms with Crippen molar-refractivity contribution < 1.29 is 39.0 Å². The molecule has 4 aromatic carbocycles. The van der Waals surface area contributed by atoms with Gasteiger partial charge in [0, 0.05) is 6.54 Å². The number of imide groups is 1. The number of hydrogen-bond donors (Lipinski definition) is 4. The van der Waals surface area contributed by atoms with Crippen LogP contribution in [0.3, 0.4) is 0 Å². The van der Waals surface area contributed by atoms with Gasteiger partial charge < -0.3 is 25.7 Å². The van der Waals surface area contributed by atoms with Gasteiger partial charge in [-0.2, -0.15) is 0 Å². The zero-order valence-electron chi connectivity index (χ0n) is 26.2. The Labute approximate surface area is 280 Å². The molecule has 1 aliphatic heterocycles. The Bertz CT molecular complexity index is 1990. The van der Waals surface area contributed by atoms with Crippen molar-refractivity contribution in [1.82, 2.24) is 20.4 Å². The van der Waals surface area contributed by atoms with E-state index >= 15 is 0 Å². The summed E-state index contributed by atoms with van der Waals surface area (Å²) < 4.78 is 0. The zero-order chi connectivity index (χ0) is 35.3. The molecule has 4 N–H and O–H groups in total. The van der Waals surface area contributed by atoms with E-state index in [1.807, 2.05) is 42.5 Å². The number of carbonyl (C=O) groups is 6. The van der Waals surface area contributed by atoms with Crippen LogP contribution in [0, 0.1) is 6.57 Å². The van der Waals surface area contributed by atoms with Gasteiger partial charge in [0.15, 0.2) is 11.7 Å². The lowest BCUT2D eigenvalue weighted by molar-refractivity contribution is -0.144. The Balaban J connectivity index is 1.40. The summed E-state index contributed by atoms with van der Waals surface area (Å²) in [5, 5.41) is 25.6. The normalized spacial score (nSPS) is 16.9. The van der Waals surface area contributed by atoms with Crippen LogP contribution in [0.25, 0.3) is 15.6 Å². The van der Waals surface area contributed by atoms with Crippen molar-refractivity contribution in [2.75, 3.05) is 6.54 Å². The molecule has 1 heterocycles. The number of benzene rings is 4. The number of rotatable bonds is 12. The molecule has 0 spiro atoms. The average Bonchev–Trinajstić information content (AvgIpc) is 3.27. The lowest BCUT2D eigenvalue weighted by atomic mass is 9.89. The molecule has 0 bridgehead atoms. The first-order valence-electron chi connectivity index (χ1n) is 15.1. The van der Waals surface area contributed by atoms with Crippen LogP contribution in [-0.4, -0.2) is 68.3 Å². The van der Waals surface area contributed by atoms with Gasteiger partial charge in [0.1, 0.15) is 18.1 Å². The van der Waals surface area contributed by atoms with Crippen LogP contribution in [0.5, 0.6) is 0 Å². The molecule has 0 aliphatic carbocycles. The average molecular weight is 662 g/mol. The van der Waals surface area contributed by atoms with Gasteiger partial charge in [-0.1, -0.05) is 91.0 Å². The molecule has 0 aromatic heterocycles. The molecule has 4 aromatic rings. The van der Waals surface area contributed by atoms with E-state index < -0.39 is 66.3 Å². The molecule has 248 valence electrons. The standard InChI is InChI=1S/C36H31N5O8/c1-36(26-14-16-27(37-2)17-15-26)34(48)40(35(49)41(36)20-22-12-13-23-8-6-7-11-25(23)18-22)21-29(42)38-28(19-30(43)44)32(45)39-31(33(46)47)24-9-4-3-5-10-24/h3-18,28,31H,19-21H2,1H3,(H,38,42)(H,39,45)(H,43,44)(H,46,47). The molecular weight excluding hydrogens is 630 g/mol. The maximum Gasteiger partial charge on any atom is 0.330 e. The number of hydrogen-bond acceptors (Lipinski definition) is 6. The highest BCUT2D eigenvalue weighted by Crippen LogP contribution is 2.39. The lowest BCUT2D eigenvalue weighted by Gasteiger charge is -2.32. The number of urea groups is 1.